The third-order valence-electron chi connectivity index (χ3n) is 3.83. The summed E-state index contributed by atoms with van der Waals surface area (Å²) >= 11 is 6.03. The van der Waals surface area contributed by atoms with Crippen molar-refractivity contribution in [3.05, 3.63) is 23.2 Å². The van der Waals surface area contributed by atoms with Crippen molar-refractivity contribution in [1.29, 1.82) is 0 Å². The summed E-state index contributed by atoms with van der Waals surface area (Å²) in [6.45, 7) is 2.95. The van der Waals surface area contributed by atoms with E-state index in [4.69, 9.17) is 22.4 Å². The lowest BCUT2D eigenvalue weighted by Crippen LogP contribution is -2.26. The third kappa shape index (κ3) is 4.88. The number of likely N-dealkylation sites (tertiary alicyclic amines) is 1. The quantitative estimate of drug-likeness (QED) is 0.702. The van der Waals surface area contributed by atoms with Crippen LogP contribution < -0.4 is 11.1 Å². The second-order valence-electron chi connectivity index (χ2n) is 5.51. The van der Waals surface area contributed by atoms with E-state index in [1.165, 1.54) is 0 Å². The van der Waals surface area contributed by atoms with Crippen LogP contribution in [0.2, 0.25) is 5.02 Å². The number of amides is 1. The first-order chi connectivity index (χ1) is 10.1. The molecule has 0 radical (unpaired) electrons. The molecular weight excluding hydrogens is 290 g/mol. The lowest BCUT2D eigenvalue weighted by Gasteiger charge is -2.15. The van der Waals surface area contributed by atoms with Gasteiger partial charge >= 0.3 is 0 Å². The van der Waals surface area contributed by atoms with Gasteiger partial charge in [0.2, 0.25) is 5.91 Å². The number of benzene rings is 1. The standard InChI is InChI=1S/C15H22ClN3O2/c16-13-9-12(17)1-2-14(13)18-15(21)4-7-19-6-3-11(10-19)5-8-20/h1-2,9,11,20H,3-8,10,17H2,(H,18,21). The average Bonchev–Trinajstić information content (AvgIpc) is 2.88. The lowest BCUT2D eigenvalue weighted by molar-refractivity contribution is -0.116. The molecule has 1 unspecified atom stereocenters. The minimum atomic E-state index is -0.0488. The van der Waals surface area contributed by atoms with Crippen molar-refractivity contribution in [2.75, 3.05) is 37.3 Å². The predicted octanol–water partition coefficient (Wildman–Crippen LogP) is 1.96. The molecule has 0 aliphatic carbocycles. The Bertz CT molecular complexity index is 496. The lowest BCUT2D eigenvalue weighted by atomic mass is 10.1. The molecule has 1 heterocycles. The molecule has 1 fully saturated rings. The van der Waals surface area contributed by atoms with Gasteiger partial charge in [0, 0.05) is 31.8 Å². The Morgan fingerprint density at radius 2 is 2.33 bits per heavy atom. The predicted molar refractivity (Wildman–Crippen MR) is 85.4 cm³/mol. The third-order valence-corrected chi connectivity index (χ3v) is 4.14. The summed E-state index contributed by atoms with van der Waals surface area (Å²) in [6.07, 6.45) is 2.39. The van der Waals surface area contributed by atoms with Crippen LogP contribution in [0, 0.1) is 5.92 Å². The zero-order chi connectivity index (χ0) is 15.2. The molecule has 0 bridgehead atoms. The van der Waals surface area contributed by atoms with Gasteiger partial charge in [-0.25, -0.2) is 0 Å². The van der Waals surface area contributed by atoms with Crippen LogP contribution >= 0.6 is 11.6 Å². The van der Waals surface area contributed by atoms with Crippen LogP contribution in [-0.4, -0.2) is 42.2 Å². The Hall–Kier alpha value is -1.30. The first kappa shape index (κ1) is 16.1. The van der Waals surface area contributed by atoms with Crippen molar-refractivity contribution < 1.29 is 9.90 Å². The van der Waals surface area contributed by atoms with E-state index in [-0.39, 0.29) is 12.5 Å². The highest BCUT2D eigenvalue weighted by Gasteiger charge is 2.22. The molecule has 1 amide bonds. The van der Waals surface area contributed by atoms with E-state index in [1.807, 2.05) is 0 Å². The van der Waals surface area contributed by atoms with Crippen molar-refractivity contribution in [2.24, 2.45) is 5.92 Å². The molecule has 6 heteroatoms. The molecule has 21 heavy (non-hydrogen) atoms. The van der Waals surface area contributed by atoms with Crippen LogP contribution in [0.15, 0.2) is 18.2 Å². The number of rotatable bonds is 6. The molecule has 0 saturated carbocycles. The number of hydrogen-bond donors (Lipinski definition) is 3. The van der Waals surface area contributed by atoms with Gasteiger partial charge in [0.05, 0.1) is 10.7 Å². The molecule has 0 aromatic heterocycles. The molecule has 1 aromatic rings. The van der Waals surface area contributed by atoms with Crippen LogP contribution in [0.5, 0.6) is 0 Å². The van der Waals surface area contributed by atoms with E-state index < -0.39 is 0 Å². The Balaban J connectivity index is 1.75. The molecule has 1 aliphatic heterocycles. The minimum Gasteiger partial charge on any atom is -0.399 e. The summed E-state index contributed by atoms with van der Waals surface area (Å²) in [5.74, 6) is 0.511. The molecule has 2 rings (SSSR count). The summed E-state index contributed by atoms with van der Waals surface area (Å²) in [6, 6.07) is 5.04. The van der Waals surface area contributed by atoms with E-state index in [9.17, 15) is 4.79 Å². The van der Waals surface area contributed by atoms with Gasteiger partial charge in [-0.2, -0.15) is 0 Å². The van der Waals surface area contributed by atoms with Crippen molar-refractivity contribution in [3.8, 4) is 0 Å². The minimum absolute atomic E-state index is 0.0488. The Morgan fingerprint density at radius 1 is 1.52 bits per heavy atom. The van der Waals surface area contributed by atoms with Crippen molar-refractivity contribution in [2.45, 2.75) is 19.3 Å². The van der Waals surface area contributed by atoms with Gasteiger partial charge in [-0.3, -0.25) is 4.79 Å². The highest BCUT2D eigenvalue weighted by atomic mass is 35.5. The zero-order valence-electron chi connectivity index (χ0n) is 12.0. The van der Waals surface area contributed by atoms with Gasteiger partial charge in [-0.15, -0.1) is 0 Å². The fourth-order valence-corrected chi connectivity index (χ4v) is 2.88. The van der Waals surface area contributed by atoms with Gasteiger partial charge in [0.25, 0.3) is 0 Å². The Morgan fingerprint density at radius 3 is 3.05 bits per heavy atom. The Labute approximate surface area is 130 Å². The number of aliphatic hydroxyl groups excluding tert-OH is 1. The first-order valence-corrected chi connectivity index (χ1v) is 7.64. The van der Waals surface area contributed by atoms with E-state index in [1.54, 1.807) is 18.2 Å². The summed E-state index contributed by atoms with van der Waals surface area (Å²) in [7, 11) is 0. The number of nitrogen functional groups attached to an aromatic ring is 1. The number of nitrogens with zero attached hydrogens (tertiary/aromatic N) is 1. The number of carbonyl (C=O) groups is 1. The molecule has 1 aromatic carbocycles. The summed E-state index contributed by atoms with van der Waals surface area (Å²) in [5, 5.41) is 12.2. The average molecular weight is 312 g/mol. The van der Waals surface area contributed by atoms with E-state index >= 15 is 0 Å². The normalized spacial score (nSPS) is 18.9. The summed E-state index contributed by atoms with van der Waals surface area (Å²) in [4.78, 5) is 14.2. The van der Waals surface area contributed by atoms with Crippen LogP contribution in [0.4, 0.5) is 11.4 Å². The van der Waals surface area contributed by atoms with Gasteiger partial charge in [0.1, 0.15) is 0 Å². The molecule has 1 atom stereocenters. The number of nitrogens with one attached hydrogen (secondary N) is 1. The van der Waals surface area contributed by atoms with Gasteiger partial charge in [0.15, 0.2) is 0 Å². The fourth-order valence-electron chi connectivity index (χ4n) is 2.64. The zero-order valence-corrected chi connectivity index (χ0v) is 12.8. The van der Waals surface area contributed by atoms with Crippen LogP contribution in [0.3, 0.4) is 0 Å². The number of nitrogens with two attached hydrogens (primary N) is 1. The van der Waals surface area contributed by atoms with E-state index in [0.717, 1.165) is 32.5 Å². The second kappa shape index (κ2) is 7.64. The van der Waals surface area contributed by atoms with Gasteiger partial charge in [-0.05, 0) is 43.5 Å². The topological polar surface area (TPSA) is 78.6 Å². The molecule has 4 N–H and O–H groups in total. The monoisotopic (exact) mass is 311 g/mol. The Kier molecular flexibility index (Phi) is 5.85. The van der Waals surface area contributed by atoms with Crippen molar-refractivity contribution in [1.82, 2.24) is 4.90 Å². The van der Waals surface area contributed by atoms with E-state index in [0.29, 0.717) is 28.7 Å². The van der Waals surface area contributed by atoms with Crippen molar-refractivity contribution in [3.63, 3.8) is 0 Å². The number of carbonyl (C=O) groups excluding carboxylic acids is 1. The SMILES string of the molecule is Nc1ccc(NC(=O)CCN2CCC(CCO)C2)c(Cl)c1. The van der Waals surface area contributed by atoms with Crippen molar-refractivity contribution >= 4 is 28.9 Å². The number of halogens is 1. The van der Waals surface area contributed by atoms with Gasteiger partial charge in [-0.1, -0.05) is 11.6 Å². The highest BCUT2D eigenvalue weighted by molar-refractivity contribution is 6.34. The fraction of sp³-hybridized carbons (Fsp3) is 0.533. The number of hydrogen-bond acceptors (Lipinski definition) is 4. The molecular formula is C15H22ClN3O2. The smallest absolute Gasteiger partial charge is 0.225 e. The largest absolute Gasteiger partial charge is 0.399 e. The number of aliphatic hydroxyl groups is 1. The van der Waals surface area contributed by atoms with Crippen LogP contribution in [-0.2, 0) is 4.79 Å². The number of anilines is 2. The molecule has 116 valence electrons. The van der Waals surface area contributed by atoms with E-state index in [2.05, 4.69) is 10.2 Å². The maximum Gasteiger partial charge on any atom is 0.225 e. The molecule has 5 nitrogen and oxygen atoms in total. The molecule has 0 spiro atoms. The summed E-state index contributed by atoms with van der Waals surface area (Å²) < 4.78 is 0. The summed E-state index contributed by atoms with van der Waals surface area (Å²) in [5.41, 5.74) is 6.78. The second-order valence-corrected chi connectivity index (χ2v) is 5.91. The molecule has 1 saturated heterocycles. The van der Waals surface area contributed by atoms with Crippen LogP contribution in [0.1, 0.15) is 19.3 Å². The van der Waals surface area contributed by atoms with Crippen LogP contribution in [0.25, 0.3) is 0 Å². The first-order valence-electron chi connectivity index (χ1n) is 7.26. The molecule has 1 aliphatic rings. The highest BCUT2D eigenvalue weighted by Crippen LogP contribution is 2.24. The maximum atomic E-state index is 11.9. The van der Waals surface area contributed by atoms with Gasteiger partial charge < -0.3 is 21.1 Å². The maximum absolute atomic E-state index is 11.9.